The van der Waals surface area contributed by atoms with Gasteiger partial charge >= 0.3 is 0 Å². The highest BCUT2D eigenvalue weighted by Crippen LogP contribution is 2.23. The van der Waals surface area contributed by atoms with Crippen LogP contribution in [0.4, 0.5) is 18.9 Å². The minimum absolute atomic E-state index is 0.0664. The number of hydrogen-bond acceptors (Lipinski definition) is 4. The number of halogens is 3. The van der Waals surface area contributed by atoms with E-state index in [-0.39, 0.29) is 30.8 Å². The Bertz CT molecular complexity index is 1390. The molecule has 0 fully saturated rings. The molecule has 0 aromatic heterocycles. The van der Waals surface area contributed by atoms with Gasteiger partial charge in [-0.2, -0.15) is 0 Å². The van der Waals surface area contributed by atoms with Crippen LogP contribution < -0.4 is 9.62 Å². The number of nitrogens with zero attached hydrogens (tertiary/aromatic N) is 2. The summed E-state index contributed by atoms with van der Waals surface area (Å²) in [6.07, 6.45) is 0.880. The standard InChI is InChI=1S/C27H28F3N3O4S/c1-3-31-27(35)25(15-19-9-5-4-6-10-19)32(17-20-11-7-8-12-22(20)28)26(34)18-33(38(2,36)37)21-13-14-23(29)24(30)16-21/h4-14,16,25H,3,15,17-18H2,1-2H3,(H,31,35). The first kappa shape index (κ1) is 28.7. The summed E-state index contributed by atoms with van der Waals surface area (Å²) in [4.78, 5) is 28.0. The normalized spacial score (nSPS) is 12.0. The molecule has 0 heterocycles. The van der Waals surface area contributed by atoms with Crippen LogP contribution in [0.3, 0.4) is 0 Å². The topological polar surface area (TPSA) is 86.8 Å². The fourth-order valence-electron chi connectivity index (χ4n) is 3.91. The van der Waals surface area contributed by atoms with Crippen LogP contribution >= 0.6 is 0 Å². The number of amides is 2. The van der Waals surface area contributed by atoms with Gasteiger partial charge in [-0.05, 0) is 30.7 Å². The number of likely N-dealkylation sites (N-methyl/N-ethyl adjacent to an activating group) is 1. The second-order valence-corrected chi connectivity index (χ2v) is 10.5. The van der Waals surface area contributed by atoms with E-state index in [1.165, 1.54) is 18.2 Å². The summed E-state index contributed by atoms with van der Waals surface area (Å²) in [5, 5.41) is 2.68. The Morgan fingerprint density at radius 2 is 1.55 bits per heavy atom. The maximum atomic E-state index is 14.6. The van der Waals surface area contributed by atoms with Gasteiger partial charge in [0.15, 0.2) is 11.6 Å². The van der Waals surface area contributed by atoms with Gasteiger partial charge < -0.3 is 10.2 Å². The number of sulfonamides is 1. The number of benzene rings is 3. The van der Waals surface area contributed by atoms with Crippen molar-refractivity contribution >= 4 is 27.5 Å². The van der Waals surface area contributed by atoms with E-state index in [0.717, 1.165) is 28.9 Å². The lowest BCUT2D eigenvalue weighted by molar-refractivity contribution is -0.140. The molecule has 0 bridgehead atoms. The minimum atomic E-state index is -4.15. The Labute approximate surface area is 219 Å². The molecule has 3 aromatic carbocycles. The fraction of sp³-hybridized carbons (Fsp3) is 0.259. The van der Waals surface area contributed by atoms with Crippen LogP contribution in [0.1, 0.15) is 18.1 Å². The van der Waals surface area contributed by atoms with Crippen LogP contribution in [0.25, 0.3) is 0 Å². The predicted molar refractivity (Wildman–Crippen MR) is 138 cm³/mol. The van der Waals surface area contributed by atoms with Gasteiger partial charge in [0.2, 0.25) is 21.8 Å². The van der Waals surface area contributed by atoms with Gasteiger partial charge in [-0.1, -0.05) is 48.5 Å². The van der Waals surface area contributed by atoms with Crippen LogP contribution in [0.15, 0.2) is 72.8 Å². The van der Waals surface area contributed by atoms with Crippen LogP contribution in [0.2, 0.25) is 0 Å². The first-order valence-electron chi connectivity index (χ1n) is 11.8. The molecule has 11 heteroatoms. The smallest absolute Gasteiger partial charge is 0.244 e. The largest absolute Gasteiger partial charge is 0.355 e. The van der Waals surface area contributed by atoms with E-state index in [2.05, 4.69) is 5.32 Å². The highest BCUT2D eigenvalue weighted by molar-refractivity contribution is 7.92. The summed E-state index contributed by atoms with van der Waals surface area (Å²) in [7, 11) is -4.15. The summed E-state index contributed by atoms with van der Waals surface area (Å²) in [6, 6.07) is 15.9. The van der Waals surface area contributed by atoms with Gasteiger partial charge in [-0.15, -0.1) is 0 Å². The Morgan fingerprint density at radius 1 is 0.895 bits per heavy atom. The van der Waals surface area contributed by atoms with Crippen LogP contribution in [0.5, 0.6) is 0 Å². The number of carbonyl (C=O) groups excluding carboxylic acids is 2. The van der Waals surface area contributed by atoms with Crippen molar-refractivity contribution in [3.05, 3.63) is 101 Å². The molecule has 7 nitrogen and oxygen atoms in total. The van der Waals surface area contributed by atoms with Crippen molar-refractivity contribution < 1.29 is 31.2 Å². The van der Waals surface area contributed by atoms with Crippen LogP contribution in [0, 0.1) is 17.5 Å². The van der Waals surface area contributed by atoms with E-state index >= 15 is 0 Å². The lowest BCUT2D eigenvalue weighted by atomic mass is 10.0. The molecule has 3 aromatic rings. The third-order valence-electron chi connectivity index (χ3n) is 5.79. The summed E-state index contributed by atoms with van der Waals surface area (Å²) >= 11 is 0. The number of carbonyl (C=O) groups is 2. The molecule has 0 aliphatic heterocycles. The average molecular weight is 548 g/mol. The number of rotatable bonds is 11. The minimum Gasteiger partial charge on any atom is -0.355 e. The molecule has 1 N–H and O–H groups in total. The maximum Gasteiger partial charge on any atom is 0.244 e. The van der Waals surface area contributed by atoms with Crippen LogP contribution in [-0.4, -0.2) is 50.5 Å². The first-order chi connectivity index (χ1) is 18.0. The van der Waals surface area contributed by atoms with E-state index in [1.807, 2.05) is 0 Å². The highest BCUT2D eigenvalue weighted by Gasteiger charge is 2.33. The van der Waals surface area contributed by atoms with Gasteiger partial charge in [-0.25, -0.2) is 21.6 Å². The lowest BCUT2D eigenvalue weighted by Gasteiger charge is -2.33. The molecule has 1 atom stereocenters. The zero-order valence-electron chi connectivity index (χ0n) is 20.9. The van der Waals surface area contributed by atoms with Crippen LogP contribution in [-0.2, 0) is 32.6 Å². The van der Waals surface area contributed by atoms with Gasteiger partial charge in [0.25, 0.3) is 0 Å². The average Bonchev–Trinajstić information content (AvgIpc) is 2.87. The molecule has 0 saturated carbocycles. The highest BCUT2D eigenvalue weighted by atomic mass is 32.2. The Balaban J connectivity index is 2.06. The molecule has 1 unspecified atom stereocenters. The predicted octanol–water partition coefficient (Wildman–Crippen LogP) is 3.65. The molecule has 0 spiro atoms. The van der Waals surface area contributed by atoms with Crippen molar-refractivity contribution in [3.8, 4) is 0 Å². The molecule has 3 rings (SSSR count). The van der Waals surface area contributed by atoms with E-state index in [1.54, 1.807) is 43.3 Å². The molecule has 38 heavy (non-hydrogen) atoms. The fourth-order valence-corrected chi connectivity index (χ4v) is 4.75. The van der Waals surface area contributed by atoms with Gasteiger partial charge in [0.1, 0.15) is 18.4 Å². The quantitative estimate of drug-likeness (QED) is 0.397. The number of nitrogens with one attached hydrogen (secondary N) is 1. The molecule has 0 aliphatic rings. The SMILES string of the molecule is CCNC(=O)C(Cc1ccccc1)N(Cc1ccccc1F)C(=O)CN(c1ccc(F)c(F)c1)S(C)(=O)=O. The van der Waals surface area contributed by atoms with Crippen molar-refractivity contribution in [3.63, 3.8) is 0 Å². The van der Waals surface area contributed by atoms with Gasteiger partial charge in [-0.3, -0.25) is 13.9 Å². The van der Waals surface area contributed by atoms with E-state index in [4.69, 9.17) is 0 Å². The Morgan fingerprint density at radius 3 is 2.16 bits per heavy atom. The molecular weight excluding hydrogens is 519 g/mol. The zero-order valence-corrected chi connectivity index (χ0v) is 21.7. The van der Waals surface area contributed by atoms with Crippen molar-refractivity contribution in [1.29, 1.82) is 0 Å². The van der Waals surface area contributed by atoms with Crippen molar-refractivity contribution in [2.75, 3.05) is 23.7 Å². The lowest BCUT2D eigenvalue weighted by Crippen LogP contribution is -2.53. The monoisotopic (exact) mass is 547 g/mol. The van der Waals surface area contributed by atoms with Crippen molar-refractivity contribution in [2.24, 2.45) is 0 Å². The Kier molecular flexibility index (Phi) is 9.51. The summed E-state index contributed by atoms with van der Waals surface area (Å²) in [5.74, 6) is -4.44. The molecule has 0 aliphatic carbocycles. The number of anilines is 1. The first-order valence-corrected chi connectivity index (χ1v) is 13.6. The molecular formula is C27H28F3N3O4S. The molecule has 202 valence electrons. The van der Waals surface area contributed by atoms with Gasteiger partial charge in [0.05, 0.1) is 11.9 Å². The summed E-state index contributed by atoms with van der Waals surface area (Å²) < 4.78 is 67.9. The van der Waals surface area contributed by atoms with Crippen molar-refractivity contribution in [1.82, 2.24) is 10.2 Å². The zero-order chi connectivity index (χ0) is 27.9. The second kappa shape index (κ2) is 12.6. The van der Waals surface area contributed by atoms with E-state index < -0.39 is 51.9 Å². The Hall–Kier alpha value is -3.86. The summed E-state index contributed by atoms with van der Waals surface area (Å²) in [5.41, 5.74) is 0.556. The molecule has 0 radical (unpaired) electrons. The van der Waals surface area contributed by atoms with Crippen molar-refractivity contribution in [2.45, 2.75) is 25.9 Å². The maximum absolute atomic E-state index is 14.6. The third kappa shape index (κ3) is 7.34. The molecule has 0 saturated heterocycles. The summed E-state index contributed by atoms with van der Waals surface area (Å²) in [6.45, 7) is 0.795. The van der Waals surface area contributed by atoms with E-state index in [9.17, 15) is 31.2 Å². The second-order valence-electron chi connectivity index (χ2n) is 8.58. The third-order valence-corrected chi connectivity index (χ3v) is 6.93. The van der Waals surface area contributed by atoms with E-state index in [0.29, 0.717) is 10.4 Å². The number of hydrogen-bond donors (Lipinski definition) is 1. The van der Waals surface area contributed by atoms with Gasteiger partial charge in [0, 0.05) is 31.1 Å². The molecule has 2 amide bonds.